The predicted molar refractivity (Wildman–Crippen MR) is 271 cm³/mol. The molecule has 0 unspecified atom stereocenters. The normalized spacial score (nSPS) is 12.7. The molecule has 0 amide bonds. The van der Waals surface area contributed by atoms with Crippen molar-refractivity contribution in [2.75, 3.05) is 0 Å². The van der Waals surface area contributed by atoms with Crippen LogP contribution in [0.25, 0.3) is 110 Å². The Bertz CT molecular complexity index is 3570. The highest BCUT2D eigenvalue weighted by atomic mass is 32.1. The molecule has 0 saturated carbocycles. The molecule has 0 spiro atoms. The first kappa shape index (κ1) is 38.0. The molecule has 302 valence electrons. The minimum atomic E-state index is -0.198. The molecule has 0 radical (unpaired) electrons. The van der Waals surface area contributed by atoms with E-state index in [1.54, 1.807) is 0 Å². The topological polar surface area (TPSA) is 25.8 Å². The molecule has 9 aromatic carbocycles. The van der Waals surface area contributed by atoms with Gasteiger partial charge in [0.05, 0.1) is 11.4 Å². The van der Waals surface area contributed by atoms with Gasteiger partial charge in [-0.25, -0.2) is 9.97 Å². The van der Waals surface area contributed by atoms with Crippen molar-refractivity contribution in [1.82, 2.24) is 9.97 Å². The van der Waals surface area contributed by atoms with Crippen LogP contribution < -0.4 is 0 Å². The zero-order chi connectivity index (χ0) is 42.8. The maximum Gasteiger partial charge on any atom is 0.160 e. The van der Waals surface area contributed by atoms with Crippen LogP contribution >= 0.6 is 11.3 Å². The highest BCUT2D eigenvalue weighted by molar-refractivity contribution is 7.25. The summed E-state index contributed by atoms with van der Waals surface area (Å²) >= 11 is 1.85. The predicted octanol–water partition coefficient (Wildman–Crippen LogP) is 16.8. The number of nitrogens with zero attached hydrogens (tertiary/aromatic N) is 2. The average Bonchev–Trinajstić information content (AvgIpc) is 3.85. The van der Waals surface area contributed by atoms with Gasteiger partial charge in [-0.2, -0.15) is 0 Å². The standard InChI is InChI=1S/C61H42N2S/c1-61(2)53-26-15-25-49(40-18-8-4-9-19-40)59(53)51-30-28-45(37-54(51)61)55-38-56(63-60(62-55)41-20-10-5-11-21-41)48-34-46(43-23-14-22-42(32-43)39-16-6-3-7-17-39)33-47(35-48)44-29-31-58-52(36-44)50-24-12-13-27-57(50)64-58/h3-38H,1-2H3. The van der Waals surface area contributed by atoms with E-state index >= 15 is 0 Å². The minimum absolute atomic E-state index is 0.198. The number of aromatic nitrogens is 2. The summed E-state index contributed by atoms with van der Waals surface area (Å²) in [4.78, 5) is 10.7. The first-order valence-electron chi connectivity index (χ1n) is 22.0. The molecule has 1 aliphatic rings. The van der Waals surface area contributed by atoms with Crippen molar-refractivity contribution in [2.45, 2.75) is 19.3 Å². The van der Waals surface area contributed by atoms with Gasteiger partial charge in [0.1, 0.15) is 0 Å². The third-order valence-corrected chi connectivity index (χ3v) is 14.2. The van der Waals surface area contributed by atoms with E-state index in [2.05, 4.69) is 226 Å². The van der Waals surface area contributed by atoms with Crippen LogP contribution in [0.15, 0.2) is 218 Å². The average molecular weight is 835 g/mol. The fraction of sp³-hybridized carbons (Fsp3) is 0.0492. The lowest BCUT2D eigenvalue weighted by Gasteiger charge is -2.22. The summed E-state index contributed by atoms with van der Waals surface area (Å²) in [5.41, 5.74) is 19.4. The zero-order valence-corrected chi connectivity index (χ0v) is 36.4. The SMILES string of the molecule is CC1(C)c2cc(-c3cc(-c4cc(-c5cccc(-c6ccccc6)c5)cc(-c5ccc6sc7ccccc7c6c5)c4)nc(-c4ccccc4)n3)ccc2-c2c(-c3ccccc3)cccc21. The van der Waals surface area contributed by atoms with Gasteiger partial charge in [-0.05, 0) is 121 Å². The lowest BCUT2D eigenvalue weighted by atomic mass is 9.81. The van der Waals surface area contributed by atoms with Gasteiger partial charge in [0.25, 0.3) is 0 Å². The van der Waals surface area contributed by atoms with Crippen molar-refractivity contribution in [2.24, 2.45) is 0 Å². The molecule has 2 nitrogen and oxygen atoms in total. The van der Waals surface area contributed by atoms with Crippen LogP contribution in [-0.2, 0) is 5.41 Å². The summed E-state index contributed by atoms with van der Waals surface area (Å²) in [5, 5.41) is 2.57. The summed E-state index contributed by atoms with van der Waals surface area (Å²) in [6, 6.07) is 79.2. The van der Waals surface area contributed by atoms with E-state index in [0.717, 1.165) is 44.8 Å². The molecule has 1 aliphatic carbocycles. The lowest BCUT2D eigenvalue weighted by Crippen LogP contribution is -2.15. The van der Waals surface area contributed by atoms with Crippen LogP contribution in [0.2, 0.25) is 0 Å². The van der Waals surface area contributed by atoms with E-state index in [-0.39, 0.29) is 5.41 Å². The zero-order valence-electron chi connectivity index (χ0n) is 35.6. The van der Waals surface area contributed by atoms with Gasteiger partial charge in [0.15, 0.2) is 5.82 Å². The molecule has 3 heteroatoms. The highest BCUT2D eigenvalue weighted by Gasteiger charge is 2.37. The number of hydrogen-bond donors (Lipinski definition) is 0. The van der Waals surface area contributed by atoms with E-state index < -0.39 is 0 Å². The Morgan fingerprint density at radius 3 is 1.62 bits per heavy atom. The fourth-order valence-corrected chi connectivity index (χ4v) is 10.9. The molecular weight excluding hydrogens is 793 g/mol. The minimum Gasteiger partial charge on any atom is -0.228 e. The van der Waals surface area contributed by atoms with Gasteiger partial charge in [-0.15, -0.1) is 11.3 Å². The molecule has 12 rings (SSSR count). The van der Waals surface area contributed by atoms with Crippen LogP contribution in [0, 0.1) is 0 Å². The third-order valence-electron chi connectivity index (χ3n) is 13.1. The molecule has 0 fully saturated rings. The number of thiophene rings is 1. The van der Waals surface area contributed by atoms with Crippen molar-refractivity contribution in [3.8, 4) is 89.5 Å². The maximum atomic E-state index is 5.39. The van der Waals surface area contributed by atoms with Gasteiger partial charge in [-0.1, -0.05) is 178 Å². The summed E-state index contributed by atoms with van der Waals surface area (Å²) in [6.45, 7) is 4.71. The second-order valence-electron chi connectivity index (χ2n) is 17.4. The van der Waals surface area contributed by atoms with Crippen molar-refractivity contribution >= 4 is 31.5 Å². The highest BCUT2D eigenvalue weighted by Crippen LogP contribution is 2.53. The first-order valence-corrected chi connectivity index (χ1v) is 22.8. The van der Waals surface area contributed by atoms with Crippen molar-refractivity contribution in [3.63, 3.8) is 0 Å². The van der Waals surface area contributed by atoms with Crippen LogP contribution in [0.5, 0.6) is 0 Å². The van der Waals surface area contributed by atoms with E-state index in [1.165, 1.54) is 70.2 Å². The Labute approximate surface area is 377 Å². The summed E-state index contributed by atoms with van der Waals surface area (Å²) in [7, 11) is 0. The summed E-state index contributed by atoms with van der Waals surface area (Å²) in [6.07, 6.45) is 0. The summed E-state index contributed by atoms with van der Waals surface area (Å²) in [5.74, 6) is 0.701. The number of hydrogen-bond acceptors (Lipinski definition) is 3. The van der Waals surface area contributed by atoms with Gasteiger partial charge >= 0.3 is 0 Å². The smallest absolute Gasteiger partial charge is 0.160 e. The van der Waals surface area contributed by atoms with Gasteiger partial charge in [-0.3, -0.25) is 0 Å². The molecule has 0 N–H and O–H groups in total. The lowest BCUT2D eigenvalue weighted by molar-refractivity contribution is 0.660. The molecular formula is C61H42N2S. The van der Waals surface area contributed by atoms with Crippen molar-refractivity contribution in [1.29, 1.82) is 0 Å². The molecule has 2 heterocycles. The third kappa shape index (κ3) is 6.56. The van der Waals surface area contributed by atoms with Crippen molar-refractivity contribution < 1.29 is 0 Å². The summed E-state index contributed by atoms with van der Waals surface area (Å²) < 4.78 is 2.60. The monoisotopic (exact) mass is 834 g/mol. The molecule has 0 atom stereocenters. The van der Waals surface area contributed by atoms with Crippen LogP contribution in [0.1, 0.15) is 25.0 Å². The van der Waals surface area contributed by atoms with E-state index in [0.29, 0.717) is 5.82 Å². The van der Waals surface area contributed by atoms with E-state index in [4.69, 9.17) is 9.97 Å². The number of rotatable bonds is 7. The molecule has 0 aliphatic heterocycles. The van der Waals surface area contributed by atoms with Crippen molar-refractivity contribution in [3.05, 3.63) is 230 Å². The molecule has 0 saturated heterocycles. The molecule has 2 aromatic heterocycles. The number of fused-ring (bicyclic) bond motifs is 6. The van der Waals surface area contributed by atoms with Gasteiger partial charge in [0.2, 0.25) is 0 Å². The van der Waals surface area contributed by atoms with Gasteiger partial charge < -0.3 is 0 Å². The molecule has 0 bridgehead atoms. The Hall–Kier alpha value is -7.72. The first-order chi connectivity index (χ1) is 31.4. The second kappa shape index (κ2) is 15.3. The largest absolute Gasteiger partial charge is 0.228 e. The fourth-order valence-electron chi connectivity index (χ4n) is 9.79. The second-order valence-corrected chi connectivity index (χ2v) is 18.4. The Balaban J connectivity index is 1.05. The van der Waals surface area contributed by atoms with Crippen LogP contribution in [0.3, 0.4) is 0 Å². The Kier molecular flexibility index (Phi) is 9.06. The van der Waals surface area contributed by atoms with E-state index in [9.17, 15) is 0 Å². The quantitative estimate of drug-likeness (QED) is 0.160. The molecule has 64 heavy (non-hydrogen) atoms. The Morgan fingerprint density at radius 1 is 0.328 bits per heavy atom. The Morgan fingerprint density at radius 2 is 0.875 bits per heavy atom. The van der Waals surface area contributed by atoms with Crippen LogP contribution in [0.4, 0.5) is 0 Å². The molecule has 11 aromatic rings. The van der Waals surface area contributed by atoms with Gasteiger partial charge in [0, 0.05) is 42.3 Å². The number of benzene rings is 9. The van der Waals surface area contributed by atoms with Crippen LogP contribution in [-0.4, -0.2) is 9.97 Å². The van der Waals surface area contributed by atoms with E-state index in [1.807, 2.05) is 17.4 Å². The maximum absolute atomic E-state index is 5.39.